The molecule has 0 aliphatic carbocycles. The number of aryl methyl sites for hydroxylation is 2. The third kappa shape index (κ3) is 4.60. The van der Waals surface area contributed by atoms with Crippen molar-refractivity contribution in [2.24, 2.45) is 5.92 Å². The van der Waals surface area contributed by atoms with E-state index >= 15 is 0 Å². The van der Waals surface area contributed by atoms with Crippen LogP contribution in [-0.2, 0) is 14.8 Å². The number of likely N-dealkylation sites (tertiary alicyclic amines) is 1. The van der Waals surface area contributed by atoms with E-state index in [1.54, 1.807) is 13.8 Å². The van der Waals surface area contributed by atoms with E-state index in [2.05, 4.69) is 34.4 Å². The van der Waals surface area contributed by atoms with Crippen LogP contribution in [0.1, 0.15) is 49.2 Å². The Bertz CT molecular complexity index is 1030. The minimum Gasteiger partial charge on any atom is -0.360 e. The van der Waals surface area contributed by atoms with Crippen LogP contribution < -0.4 is 5.32 Å². The molecule has 32 heavy (non-hydrogen) atoms. The Morgan fingerprint density at radius 1 is 1.16 bits per heavy atom. The van der Waals surface area contributed by atoms with Crippen LogP contribution in [0.3, 0.4) is 0 Å². The fourth-order valence-electron chi connectivity index (χ4n) is 4.87. The normalized spacial score (nSPS) is 23.8. The first-order valence-corrected chi connectivity index (χ1v) is 12.7. The summed E-state index contributed by atoms with van der Waals surface area (Å²) in [6.45, 7) is 7.74. The van der Waals surface area contributed by atoms with Crippen LogP contribution in [-0.4, -0.2) is 60.9 Å². The second-order valence-corrected chi connectivity index (χ2v) is 10.8. The zero-order chi connectivity index (χ0) is 22.9. The van der Waals surface area contributed by atoms with Crippen molar-refractivity contribution in [3.05, 3.63) is 47.3 Å². The van der Waals surface area contributed by atoms with Crippen LogP contribution >= 0.6 is 0 Å². The van der Waals surface area contributed by atoms with Gasteiger partial charge in [-0.3, -0.25) is 9.69 Å². The van der Waals surface area contributed by atoms with E-state index in [0.717, 1.165) is 19.5 Å². The first-order chi connectivity index (χ1) is 15.3. The topological polar surface area (TPSA) is 95.8 Å². The molecule has 0 saturated carbocycles. The zero-order valence-electron chi connectivity index (χ0n) is 19.0. The highest BCUT2D eigenvalue weighted by Gasteiger charge is 2.37. The molecule has 2 aliphatic heterocycles. The summed E-state index contributed by atoms with van der Waals surface area (Å²) in [4.78, 5) is 15.5. The van der Waals surface area contributed by atoms with Crippen molar-refractivity contribution in [3.8, 4) is 0 Å². The number of rotatable bonds is 6. The van der Waals surface area contributed by atoms with Crippen LogP contribution in [0.4, 0.5) is 0 Å². The number of aromatic nitrogens is 1. The number of hydrogen-bond donors (Lipinski definition) is 1. The van der Waals surface area contributed by atoms with Gasteiger partial charge in [-0.15, -0.1) is 0 Å². The Labute approximate surface area is 190 Å². The summed E-state index contributed by atoms with van der Waals surface area (Å²) >= 11 is 0. The van der Waals surface area contributed by atoms with E-state index in [9.17, 15) is 13.2 Å². The molecule has 2 fully saturated rings. The molecule has 0 unspecified atom stereocenters. The number of piperidine rings is 1. The maximum atomic E-state index is 13.1. The Kier molecular flexibility index (Phi) is 6.69. The van der Waals surface area contributed by atoms with E-state index in [1.165, 1.54) is 9.87 Å². The molecule has 8 nitrogen and oxygen atoms in total. The molecule has 2 aliphatic rings. The highest BCUT2D eigenvalue weighted by Crippen LogP contribution is 2.29. The van der Waals surface area contributed by atoms with Gasteiger partial charge in [-0.05, 0) is 45.6 Å². The average Bonchev–Trinajstić information content (AvgIpc) is 3.40. The summed E-state index contributed by atoms with van der Waals surface area (Å²) < 4.78 is 32.8. The molecule has 1 amide bonds. The van der Waals surface area contributed by atoms with Crippen molar-refractivity contribution in [1.82, 2.24) is 19.7 Å². The monoisotopic (exact) mass is 460 g/mol. The Morgan fingerprint density at radius 3 is 2.59 bits per heavy atom. The van der Waals surface area contributed by atoms with Crippen LogP contribution in [0.5, 0.6) is 0 Å². The van der Waals surface area contributed by atoms with Crippen molar-refractivity contribution in [3.63, 3.8) is 0 Å². The lowest BCUT2D eigenvalue weighted by atomic mass is 9.98. The third-order valence-corrected chi connectivity index (χ3v) is 8.83. The predicted octanol–water partition coefficient (Wildman–Crippen LogP) is 2.64. The largest absolute Gasteiger partial charge is 0.360 e. The SMILES string of the molecule is Cc1noc(C)c1S(=O)(=O)N1CCC[C@H](C(=O)N[C@@H]2CCN([C@@H](C)c3ccccc3)C2)C1. The van der Waals surface area contributed by atoms with Crippen molar-refractivity contribution >= 4 is 15.9 Å². The van der Waals surface area contributed by atoms with Gasteiger partial charge in [0, 0.05) is 38.3 Å². The molecule has 0 spiro atoms. The van der Waals surface area contributed by atoms with Gasteiger partial charge in [-0.1, -0.05) is 35.5 Å². The van der Waals surface area contributed by atoms with Gasteiger partial charge in [-0.2, -0.15) is 4.31 Å². The molecule has 1 N–H and O–H groups in total. The summed E-state index contributed by atoms with van der Waals surface area (Å²) in [7, 11) is -3.74. The zero-order valence-corrected chi connectivity index (χ0v) is 19.8. The second kappa shape index (κ2) is 9.33. The van der Waals surface area contributed by atoms with Gasteiger partial charge in [-0.25, -0.2) is 8.42 Å². The molecular formula is C23H32N4O4S. The van der Waals surface area contributed by atoms with E-state index in [0.29, 0.717) is 31.1 Å². The van der Waals surface area contributed by atoms with Gasteiger partial charge in [0.1, 0.15) is 10.6 Å². The molecule has 0 bridgehead atoms. The summed E-state index contributed by atoms with van der Waals surface area (Å²) in [5.41, 5.74) is 1.62. The van der Waals surface area contributed by atoms with Crippen LogP contribution in [0.2, 0.25) is 0 Å². The number of nitrogens with zero attached hydrogens (tertiary/aromatic N) is 3. The molecule has 2 aromatic rings. The first kappa shape index (κ1) is 22.9. The smallest absolute Gasteiger partial charge is 0.248 e. The summed E-state index contributed by atoms with van der Waals surface area (Å²) in [6.07, 6.45) is 2.25. The Balaban J connectivity index is 1.36. The molecule has 174 valence electrons. The number of nitrogens with one attached hydrogen (secondary N) is 1. The average molecular weight is 461 g/mol. The summed E-state index contributed by atoms with van der Waals surface area (Å²) in [6, 6.07) is 10.8. The van der Waals surface area contributed by atoms with E-state index in [1.807, 2.05) is 18.2 Å². The highest BCUT2D eigenvalue weighted by molar-refractivity contribution is 7.89. The summed E-state index contributed by atoms with van der Waals surface area (Å²) in [5.74, 6) is -0.116. The van der Waals surface area contributed by atoms with Gasteiger partial charge < -0.3 is 9.84 Å². The van der Waals surface area contributed by atoms with Crippen molar-refractivity contribution in [1.29, 1.82) is 0 Å². The lowest BCUT2D eigenvalue weighted by molar-refractivity contribution is -0.126. The quantitative estimate of drug-likeness (QED) is 0.712. The molecule has 4 rings (SSSR count). The number of carbonyl (C=O) groups excluding carboxylic acids is 1. The van der Waals surface area contributed by atoms with Crippen molar-refractivity contribution < 1.29 is 17.7 Å². The van der Waals surface area contributed by atoms with Crippen molar-refractivity contribution in [2.75, 3.05) is 26.2 Å². The molecule has 2 saturated heterocycles. The van der Waals surface area contributed by atoms with Gasteiger partial charge in [0.2, 0.25) is 15.9 Å². The standard InChI is InChI=1S/C23H32N4O4S/c1-16-22(18(3)31-25-16)32(29,30)27-12-7-10-20(14-27)23(28)24-21-11-13-26(15-21)17(2)19-8-5-4-6-9-19/h4-6,8-9,17,20-21H,7,10-15H2,1-3H3,(H,24,28)/t17-,20-,21+/m0/s1. The molecule has 1 aromatic heterocycles. The predicted molar refractivity (Wildman–Crippen MR) is 120 cm³/mol. The second-order valence-electron chi connectivity index (χ2n) is 8.93. The number of hydrogen-bond acceptors (Lipinski definition) is 6. The first-order valence-electron chi connectivity index (χ1n) is 11.3. The maximum absolute atomic E-state index is 13.1. The van der Waals surface area contributed by atoms with Gasteiger partial charge in [0.25, 0.3) is 0 Å². The maximum Gasteiger partial charge on any atom is 0.248 e. The van der Waals surface area contributed by atoms with Gasteiger partial charge in [0.05, 0.1) is 5.92 Å². The minimum absolute atomic E-state index is 0.0529. The number of benzene rings is 1. The van der Waals surface area contributed by atoms with E-state index < -0.39 is 10.0 Å². The van der Waals surface area contributed by atoms with Crippen LogP contribution in [0.15, 0.2) is 39.8 Å². The van der Waals surface area contributed by atoms with Gasteiger partial charge in [0.15, 0.2) is 5.76 Å². The molecule has 1 aromatic carbocycles. The van der Waals surface area contributed by atoms with Crippen LogP contribution in [0.25, 0.3) is 0 Å². The van der Waals surface area contributed by atoms with Crippen molar-refractivity contribution in [2.45, 2.75) is 57.0 Å². The van der Waals surface area contributed by atoms with E-state index in [4.69, 9.17) is 4.52 Å². The third-order valence-electron chi connectivity index (χ3n) is 6.72. The Morgan fingerprint density at radius 2 is 1.91 bits per heavy atom. The highest BCUT2D eigenvalue weighted by atomic mass is 32.2. The van der Waals surface area contributed by atoms with E-state index in [-0.39, 0.29) is 35.1 Å². The Hall–Kier alpha value is -2.23. The number of carbonyl (C=O) groups is 1. The number of sulfonamides is 1. The lowest BCUT2D eigenvalue weighted by Crippen LogP contribution is -2.48. The van der Waals surface area contributed by atoms with Gasteiger partial charge >= 0.3 is 0 Å². The fourth-order valence-corrected chi connectivity index (χ4v) is 6.68. The van der Waals surface area contributed by atoms with Crippen LogP contribution in [0, 0.1) is 19.8 Å². The summed E-state index contributed by atoms with van der Waals surface area (Å²) in [5, 5.41) is 6.96. The molecule has 3 atom stereocenters. The lowest BCUT2D eigenvalue weighted by Gasteiger charge is -2.31. The molecule has 9 heteroatoms. The molecule has 3 heterocycles. The number of amides is 1. The molecule has 0 radical (unpaired) electrons. The minimum atomic E-state index is -3.74. The molecular weight excluding hydrogens is 428 g/mol. The fraction of sp³-hybridized carbons (Fsp3) is 0.565.